The van der Waals surface area contributed by atoms with E-state index in [-0.39, 0.29) is 12.4 Å². The van der Waals surface area contributed by atoms with Crippen LogP contribution >= 0.6 is 0 Å². The van der Waals surface area contributed by atoms with Crippen molar-refractivity contribution in [3.05, 3.63) is 35.6 Å². The van der Waals surface area contributed by atoms with Gasteiger partial charge >= 0.3 is 0 Å². The normalized spacial score (nSPS) is 24.8. The Bertz CT molecular complexity index is 485. The van der Waals surface area contributed by atoms with Gasteiger partial charge in [-0.3, -0.25) is 9.80 Å². The van der Waals surface area contributed by atoms with Crippen molar-refractivity contribution >= 4 is 0 Å². The molecule has 4 heteroatoms. The Balaban J connectivity index is 1.61. The largest absolute Gasteiger partial charge is 0.396 e. The monoisotopic (exact) mass is 334 g/mol. The minimum atomic E-state index is -0.177. The van der Waals surface area contributed by atoms with Gasteiger partial charge in [-0.1, -0.05) is 37.8 Å². The molecule has 3 rings (SSSR count). The van der Waals surface area contributed by atoms with Crippen LogP contribution in [-0.2, 0) is 6.54 Å². The van der Waals surface area contributed by atoms with E-state index < -0.39 is 0 Å². The zero-order valence-corrected chi connectivity index (χ0v) is 14.7. The third-order valence-electron chi connectivity index (χ3n) is 5.74. The van der Waals surface area contributed by atoms with Crippen LogP contribution in [0.4, 0.5) is 4.39 Å². The molecule has 1 aromatic rings. The predicted octanol–water partition coefficient (Wildman–Crippen LogP) is 3.42. The number of piperazine rings is 1. The van der Waals surface area contributed by atoms with Crippen LogP contribution in [0.2, 0.25) is 0 Å². The molecule has 1 saturated carbocycles. The predicted molar refractivity (Wildman–Crippen MR) is 95.4 cm³/mol. The summed E-state index contributed by atoms with van der Waals surface area (Å²) < 4.78 is 13.1. The quantitative estimate of drug-likeness (QED) is 0.836. The molecule has 0 spiro atoms. The van der Waals surface area contributed by atoms with Gasteiger partial charge in [0.1, 0.15) is 5.82 Å². The van der Waals surface area contributed by atoms with Gasteiger partial charge in [-0.15, -0.1) is 0 Å². The van der Waals surface area contributed by atoms with Crippen LogP contribution in [0.1, 0.15) is 50.5 Å². The van der Waals surface area contributed by atoms with Gasteiger partial charge in [-0.2, -0.15) is 0 Å². The number of halogens is 1. The van der Waals surface area contributed by atoms with Crippen molar-refractivity contribution in [1.82, 2.24) is 9.80 Å². The molecule has 3 nitrogen and oxygen atoms in total. The molecule has 0 amide bonds. The molecule has 1 aromatic carbocycles. The molecule has 2 aliphatic rings. The Labute approximate surface area is 145 Å². The van der Waals surface area contributed by atoms with Gasteiger partial charge in [0.15, 0.2) is 0 Å². The summed E-state index contributed by atoms with van der Waals surface area (Å²) in [6.45, 7) is 4.31. The highest BCUT2D eigenvalue weighted by molar-refractivity contribution is 5.16. The Morgan fingerprint density at radius 3 is 2.38 bits per heavy atom. The third kappa shape index (κ3) is 4.78. The number of nitrogens with zero attached hydrogens (tertiary/aromatic N) is 2. The lowest BCUT2D eigenvalue weighted by atomic mass is 10.0. The molecular formula is C20H31FN2O. The summed E-state index contributed by atoms with van der Waals surface area (Å²) in [5.74, 6) is -0.177. The number of hydrogen-bond acceptors (Lipinski definition) is 3. The van der Waals surface area contributed by atoms with E-state index >= 15 is 0 Å². The second-order valence-electron chi connectivity index (χ2n) is 7.40. The average Bonchev–Trinajstić information content (AvgIpc) is 2.88. The van der Waals surface area contributed by atoms with Crippen molar-refractivity contribution < 1.29 is 9.50 Å². The second-order valence-corrected chi connectivity index (χ2v) is 7.40. The van der Waals surface area contributed by atoms with Crippen LogP contribution in [0, 0.1) is 5.82 Å². The average molecular weight is 334 g/mol. The number of aliphatic hydroxyl groups excluding tert-OH is 1. The van der Waals surface area contributed by atoms with Crippen LogP contribution < -0.4 is 0 Å². The summed E-state index contributed by atoms with van der Waals surface area (Å²) in [6, 6.07) is 7.97. The van der Waals surface area contributed by atoms with Crippen LogP contribution in [0.3, 0.4) is 0 Å². The summed E-state index contributed by atoms with van der Waals surface area (Å²) in [5.41, 5.74) is 1.15. The smallest absolute Gasteiger partial charge is 0.123 e. The molecule has 1 heterocycles. The highest BCUT2D eigenvalue weighted by Crippen LogP contribution is 2.25. The maximum absolute atomic E-state index is 13.1. The molecule has 0 unspecified atom stereocenters. The van der Waals surface area contributed by atoms with Crippen molar-refractivity contribution in [1.29, 1.82) is 0 Å². The Hall–Kier alpha value is -0.970. The molecule has 24 heavy (non-hydrogen) atoms. The van der Waals surface area contributed by atoms with Gasteiger partial charge in [0.2, 0.25) is 0 Å². The van der Waals surface area contributed by atoms with Crippen molar-refractivity contribution in [3.8, 4) is 0 Å². The molecule has 0 bridgehead atoms. The summed E-state index contributed by atoms with van der Waals surface area (Å²) in [7, 11) is 0. The molecule has 1 aliphatic carbocycles. The van der Waals surface area contributed by atoms with Gasteiger partial charge in [-0.25, -0.2) is 4.39 Å². The van der Waals surface area contributed by atoms with Crippen molar-refractivity contribution in [3.63, 3.8) is 0 Å². The minimum absolute atomic E-state index is 0.177. The highest BCUT2D eigenvalue weighted by Gasteiger charge is 2.30. The maximum atomic E-state index is 13.1. The lowest BCUT2D eigenvalue weighted by Gasteiger charge is -2.44. The van der Waals surface area contributed by atoms with Crippen molar-refractivity contribution in [2.75, 3.05) is 26.2 Å². The first-order valence-corrected chi connectivity index (χ1v) is 9.59. The van der Waals surface area contributed by atoms with Crippen LogP contribution in [0.25, 0.3) is 0 Å². The minimum Gasteiger partial charge on any atom is -0.396 e. The van der Waals surface area contributed by atoms with Crippen LogP contribution in [-0.4, -0.2) is 53.2 Å². The highest BCUT2D eigenvalue weighted by atomic mass is 19.1. The van der Waals surface area contributed by atoms with E-state index in [0.29, 0.717) is 6.04 Å². The fraction of sp³-hybridized carbons (Fsp3) is 0.700. The molecule has 0 radical (unpaired) electrons. The molecule has 1 saturated heterocycles. The summed E-state index contributed by atoms with van der Waals surface area (Å²) >= 11 is 0. The van der Waals surface area contributed by atoms with E-state index in [4.69, 9.17) is 0 Å². The molecule has 1 aliphatic heterocycles. The standard InChI is InChI=1S/C20H31FN2O/c21-18-9-7-17(8-10-18)15-22-12-13-23(16-20(22)11-14-24)19-5-3-1-2-4-6-19/h7-10,19-20,24H,1-6,11-16H2/t20-/m0/s1. The zero-order chi connectivity index (χ0) is 16.8. The summed E-state index contributed by atoms with van der Waals surface area (Å²) in [4.78, 5) is 5.14. The summed E-state index contributed by atoms with van der Waals surface area (Å²) in [5, 5.41) is 9.49. The Morgan fingerprint density at radius 2 is 1.71 bits per heavy atom. The number of rotatable bonds is 5. The number of benzene rings is 1. The van der Waals surface area contributed by atoms with Gasteiger partial charge < -0.3 is 5.11 Å². The van der Waals surface area contributed by atoms with Crippen LogP contribution in [0.15, 0.2) is 24.3 Å². The molecule has 0 aromatic heterocycles. The van der Waals surface area contributed by atoms with Gasteiger partial charge in [0.05, 0.1) is 0 Å². The summed E-state index contributed by atoms with van der Waals surface area (Å²) in [6.07, 6.45) is 9.01. The lowest BCUT2D eigenvalue weighted by molar-refractivity contribution is 0.0276. The zero-order valence-electron chi connectivity index (χ0n) is 14.7. The van der Waals surface area contributed by atoms with Gasteiger partial charge in [-0.05, 0) is 37.0 Å². The first-order chi connectivity index (χ1) is 11.8. The maximum Gasteiger partial charge on any atom is 0.123 e. The fourth-order valence-corrected chi connectivity index (χ4v) is 4.33. The van der Waals surface area contributed by atoms with Crippen LogP contribution in [0.5, 0.6) is 0 Å². The molecular weight excluding hydrogens is 303 g/mol. The van der Waals surface area contributed by atoms with E-state index in [0.717, 1.165) is 44.2 Å². The molecule has 2 fully saturated rings. The van der Waals surface area contributed by atoms with Gasteiger partial charge in [0.25, 0.3) is 0 Å². The van der Waals surface area contributed by atoms with E-state index in [2.05, 4.69) is 9.80 Å². The van der Waals surface area contributed by atoms with E-state index in [1.807, 2.05) is 12.1 Å². The SMILES string of the molecule is OCC[C@H]1CN(C2CCCCCC2)CCN1Cc1ccc(F)cc1. The fourth-order valence-electron chi connectivity index (χ4n) is 4.33. The Kier molecular flexibility index (Phi) is 6.64. The number of hydrogen-bond donors (Lipinski definition) is 1. The lowest BCUT2D eigenvalue weighted by Crippen LogP contribution is -2.55. The Morgan fingerprint density at radius 1 is 1.00 bits per heavy atom. The molecule has 1 atom stereocenters. The van der Waals surface area contributed by atoms with E-state index in [1.54, 1.807) is 0 Å². The first kappa shape index (κ1) is 17.8. The molecule has 1 N–H and O–H groups in total. The van der Waals surface area contributed by atoms with Crippen molar-refractivity contribution in [2.45, 2.75) is 63.6 Å². The van der Waals surface area contributed by atoms with Gasteiger partial charge in [0, 0.05) is 44.9 Å². The first-order valence-electron chi connectivity index (χ1n) is 9.59. The van der Waals surface area contributed by atoms with Crippen molar-refractivity contribution in [2.24, 2.45) is 0 Å². The second kappa shape index (κ2) is 8.93. The van der Waals surface area contributed by atoms with E-state index in [1.165, 1.54) is 50.7 Å². The van der Waals surface area contributed by atoms with E-state index in [9.17, 15) is 9.50 Å². The third-order valence-corrected chi connectivity index (χ3v) is 5.74. The molecule has 134 valence electrons. The topological polar surface area (TPSA) is 26.7 Å². The number of aliphatic hydroxyl groups is 1.